The van der Waals surface area contributed by atoms with Gasteiger partial charge in [-0.25, -0.2) is 13.7 Å². The minimum absolute atomic E-state index is 1.10. The van der Waals surface area contributed by atoms with Crippen molar-refractivity contribution in [2.24, 2.45) is 0 Å². The van der Waals surface area contributed by atoms with Gasteiger partial charge in [0.1, 0.15) is 24.4 Å². The number of ether oxygens (including phenoxy) is 1. The summed E-state index contributed by atoms with van der Waals surface area (Å²) in [6.07, 6.45) is -10.8. The third-order valence-electron chi connectivity index (χ3n) is 2.55. The molecule has 0 unspecified atom stereocenters. The van der Waals surface area contributed by atoms with Crippen molar-refractivity contribution in [3.05, 3.63) is 0 Å². The molecule has 0 aromatic heterocycles. The first-order chi connectivity index (χ1) is 10.6. The number of hydrogen-bond acceptors (Lipinski definition) is 9. The molecule has 1 saturated heterocycles. The molecule has 0 bridgehead atoms. The average Bonchev–Trinajstić information content (AvgIpc) is 2.32. The van der Waals surface area contributed by atoms with E-state index in [9.17, 15) is 18.8 Å². The van der Waals surface area contributed by atoms with Gasteiger partial charge in [0.25, 0.3) is 0 Å². The molecule has 0 aromatic carbocycles. The SMILES string of the molecule is O=P(O)(O)O[C@@H]1O[C@H](CO)[C@@H](OP(=O)(O)O)[C@H](OP(=O)(O)O)[C@H]1O. The van der Waals surface area contributed by atoms with E-state index in [-0.39, 0.29) is 0 Å². The topological polar surface area (TPSA) is 250 Å². The van der Waals surface area contributed by atoms with Gasteiger partial charge in [-0.3, -0.25) is 13.6 Å². The third kappa shape index (κ3) is 7.22. The Kier molecular flexibility index (Phi) is 7.27. The minimum Gasteiger partial charge on any atom is -0.394 e. The standard InChI is InChI=1S/C6H15O15P3/c7-1-2-4(19-22(9,10)11)5(20-23(12,13)14)3(8)6(18-2)21-24(15,16)17/h2-8H,1H2,(H2,9,10,11)(H2,12,13,14)(H2,15,16,17)/t2-,3-,4-,5-,6+/m1/s1. The van der Waals surface area contributed by atoms with Crippen molar-refractivity contribution in [1.82, 2.24) is 0 Å². The molecule has 1 aliphatic heterocycles. The van der Waals surface area contributed by atoms with Crippen LogP contribution in [0.15, 0.2) is 0 Å². The number of rotatable bonds is 7. The van der Waals surface area contributed by atoms with Gasteiger partial charge in [0.05, 0.1) is 6.61 Å². The van der Waals surface area contributed by atoms with Gasteiger partial charge in [-0.2, -0.15) is 0 Å². The predicted molar refractivity (Wildman–Crippen MR) is 68.7 cm³/mol. The summed E-state index contributed by atoms with van der Waals surface area (Å²) >= 11 is 0. The maximum absolute atomic E-state index is 11.0. The Morgan fingerprint density at radius 3 is 1.58 bits per heavy atom. The van der Waals surface area contributed by atoms with Crippen LogP contribution in [0.5, 0.6) is 0 Å². The molecule has 1 rings (SSSR count). The van der Waals surface area contributed by atoms with Crippen LogP contribution in [-0.2, 0) is 32.0 Å². The number of hydrogen-bond donors (Lipinski definition) is 8. The summed E-state index contributed by atoms with van der Waals surface area (Å²) in [5.74, 6) is 0. The van der Waals surface area contributed by atoms with Crippen LogP contribution >= 0.6 is 23.5 Å². The number of phosphoric ester groups is 3. The molecule has 5 atom stereocenters. The average molecular weight is 420 g/mol. The van der Waals surface area contributed by atoms with Crippen LogP contribution in [0.1, 0.15) is 0 Å². The minimum atomic E-state index is -5.37. The maximum Gasteiger partial charge on any atom is 0.472 e. The first-order valence-corrected chi connectivity index (χ1v) is 10.4. The fourth-order valence-electron chi connectivity index (χ4n) is 1.83. The lowest BCUT2D eigenvalue weighted by Gasteiger charge is -2.42. The van der Waals surface area contributed by atoms with E-state index < -0.39 is 60.8 Å². The van der Waals surface area contributed by atoms with Crippen molar-refractivity contribution in [1.29, 1.82) is 0 Å². The van der Waals surface area contributed by atoms with Crippen LogP contribution in [0.2, 0.25) is 0 Å². The summed E-state index contributed by atoms with van der Waals surface area (Å²) in [7, 11) is -15.9. The van der Waals surface area contributed by atoms with E-state index in [0.29, 0.717) is 0 Å². The highest BCUT2D eigenvalue weighted by atomic mass is 31.2. The second-order valence-electron chi connectivity index (χ2n) is 4.43. The van der Waals surface area contributed by atoms with Crippen LogP contribution in [-0.4, -0.2) is 76.9 Å². The Hall–Kier alpha value is 0.210. The molecule has 0 radical (unpaired) electrons. The number of aliphatic hydroxyl groups excluding tert-OH is 2. The molecule has 0 aliphatic carbocycles. The Morgan fingerprint density at radius 2 is 1.21 bits per heavy atom. The molecule has 24 heavy (non-hydrogen) atoms. The van der Waals surface area contributed by atoms with Crippen molar-refractivity contribution < 1.29 is 71.6 Å². The maximum atomic E-state index is 11.0. The number of aliphatic hydroxyl groups is 2. The van der Waals surface area contributed by atoms with Crippen LogP contribution in [0, 0.1) is 0 Å². The third-order valence-corrected chi connectivity index (χ3v) is 4.07. The molecule has 0 spiro atoms. The second-order valence-corrected chi connectivity index (χ2v) is 8.01. The molecule has 0 amide bonds. The van der Waals surface area contributed by atoms with Crippen molar-refractivity contribution in [2.75, 3.05) is 6.61 Å². The molecule has 0 aromatic rings. The lowest BCUT2D eigenvalue weighted by Crippen LogP contribution is -2.60. The molecule has 0 saturated carbocycles. The lowest BCUT2D eigenvalue weighted by atomic mass is 9.99. The fraction of sp³-hybridized carbons (Fsp3) is 1.00. The molecule has 1 aliphatic rings. The molecule has 1 fully saturated rings. The summed E-state index contributed by atoms with van der Waals surface area (Å²) in [6, 6.07) is 0. The van der Waals surface area contributed by atoms with E-state index in [4.69, 9.17) is 39.2 Å². The predicted octanol–water partition coefficient (Wildman–Crippen LogP) is -2.87. The molecule has 8 N–H and O–H groups in total. The van der Waals surface area contributed by atoms with Gasteiger partial charge in [0, 0.05) is 0 Å². The van der Waals surface area contributed by atoms with E-state index in [1.807, 2.05) is 0 Å². The van der Waals surface area contributed by atoms with Crippen LogP contribution in [0.25, 0.3) is 0 Å². The highest BCUT2D eigenvalue weighted by molar-refractivity contribution is 7.46. The highest BCUT2D eigenvalue weighted by Gasteiger charge is 2.52. The zero-order valence-corrected chi connectivity index (χ0v) is 14.1. The summed E-state index contributed by atoms with van der Waals surface area (Å²) in [5.41, 5.74) is 0. The molecular formula is C6H15O15P3. The Morgan fingerprint density at radius 1 is 0.792 bits per heavy atom. The van der Waals surface area contributed by atoms with Crippen molar-refractivity contribution in [3.8, 4) is 0 Å². The van der Waals surface area contributed by atoms with E-state index in [1.165, 1.54) is 0 Å². The van der Waals surface area contributed by atoms with E-state index >= 15 is 0 Å². The first-order valence-electron chi connectivity index (χ1n) is 5.79. The first kappa shape index (κ1) is 22.3. The van der Waals surface area contributed by atoms with Gasteiger partial charge < -0.3 is 44.3 Å². The smallest absolute Gasteiger partial charge is 0.394 e. The molecule has 1 heterocycles. The van der Waals surface area contributed by atoms with E-state index in [1.54, 1.807) is 0 Å². The van der Waals surface area contributed by atoms with Gasteiger partial charge in [-0.05, 0) is 0 Å². The normalized spacial score (nSPS) is 32.8. The molecule has 18 heteroatoms. The van der Waals surface area contributed by atoms with Crippen LogP contribution in [0.3, 0.4) is 0 Å². The highest BCUT2D eigenvalue weighted by Crippen LogP contribution is 2.48. The van der Waals surface area contributed by atoms with Gasteiger partial charge in [-0.15, -0.1) is 0 Å². The summed E-state index contributed by atoms with van der Waals surface area (Å²) in [6.45, 7) is -1.10. The molecular weight excluding hydrogens is 405 g/mol. The van der Waals surface area contributed by atoms with Gasteiger partial charge in [0.15, 0.2) is 6.29 Å². The Labute approximate surface area is 133 Å². The van der Waals surface area contributed by atoms with Gasteiger partial charge in [0.2, 0.25) is 0 Å². The zero-order valence-electron chi connectivity index (χ0n) is 11.4. The Bertz CT molecular complexity index is 560. The molecule has 15 nitrogen and oxygen atoms in total. The zero-order chi connectivity index (χ0) is 18.9. The Balaban J connectivity index is 3.18. The van der Waals surface area contributed by atoms with E-state index in [2.05, 4.69) is 13.6 Å². The van der Waals surface area contributed by atoms with Gasteiger partial charge >= 0.3 is 23.5 Å². The molecule has 144 valence electrons. The van der Waals surface area contributed by atoms with Crippen molar-refractivity contribution in [2.45, 2.75) is 30.7 Å². The largest absolute Gasteiger partial charge is 0.472 e. The summed E-state index contributed by atoms with van der Waals surface area (Å²) < 4.78 is 49.8. The summed E-state index contributed by atoms with van der Waals surface area (Å²) in [4.78, 5) is 52.6. The fourth-order valence-corrected chi connectivity index (χ4v) is 3.41. The van der Waals surface area contributed by atoms with Crippen molar-refractivity contribution in [3.63, 3.8) is 0 Å². The van der Waals surface area contributed by atoms with Crippen LogP contribution in [0.4, 0.5) is 0 Å². The lowest BCUT2D eigenvalue weighted by molar-refractivity contribution is -0.274. The van der Waals surface area contributed by atoms with E-state index in [0.717, 1.165) is 0 Å². The van der Waals surface area contributed by atoms with Crippen LogP contribution < -0.4 is 0 Å². The van der Waals surface area contributed by atoms with Gasteiger partial charge in [-0.1, -0.05) is 0 Å². The number of phosphoric acid groups is 3. The quantitative estimate of drug-likeness (QED) is 0.193. The second kappa shape index (κ2) is 7.84. The summed E-state index contributed by atoms with van der Waals surface area (Å²) in [5, 5.41) is 19.0. The monoisotopic (exact) mass is 420 g/mol. The van der Waals surface area contributed by atoms with Crippen molar-refractivity contribution >= 4 is 23.5 Å².